The van der Waals surface area contributed by atoms with Crippen molar-refractivity contribution in [1.82, 2.24) is 24.7 Å². The lowest BCUT2D eigenvalue weighted by Gasteiger charge is -2.39. The molecule has 3 aliphatic heterocycles. The van der Waals surface area contributed by atoms with Gasteiger partial charge in [0.25, 0.3) is 0 Å². The summed E-state index contributed by atoms with van der Waals surface area (Å²) in [6, 6.07) is 7.09. The van der Waals surface area contributed by atoms with E-state index in [1.54, 1.807) is 4.57 Å². The fourth-order valence-electron chi connectivity index (χ4n) is 5.61. The Bertz CT molecular complexity index is 916. The third-order valence-corrected chi connectivity index (χ3v) is 7.30. The number of nitrogens with zero attached hydrogens (tertiary/aromatic N) is 3. The summed E-state index contributed by atoms with van der Waals surface area (Å²) in [6.45, 7) is 6.41. The molecule has 3 aliphatic rings. The Morgan fingerprint density at radius 3 is 2.50 bits per heavy atom. The number of aromatic nitrogens is 2. The highest BCUT2D eigenvalue weighted by atomic mass is 16.5. The highest BCUT2D eigenvalue weighted by Crippen LogP contribution is 2.30. The number of rotatable bonds is 4. The minimum Gasteiger partial charge on any atom is -0.488 e. The zero-order valence-electron chi connectivity index (χ0n) is 18.1. The first kappa shape index (κ1) is 20.1. The third-order valence-electron chi connectivity index (χ3n) is 7.30. The smallest absolute Gasteiger partial charge is 0.329 e. The number of benzene rings is 1. The van der Waals surface area contributed by atoms with Crippen molar-refractivity contribution in [2.24, 2.45) is 7.05 Å². The Morgan fingerprint density at radius 2 is 1.77 bits per heavy atom. The summed E-state index contributed by atoms with van der Waals surface area (Å²) >= 11 is 0. The second-order valence-electron chi connectivity index (χ2n) is 9.17. The van der Waals surface area contributed by atoms with Gasteiger partial charge in [-0.3, -0.25) is 9.13 Å². The molecule has 0 saturated carbocycles. The molecule has 1 aromatic carbocycles. The van der Waals surface area contributed by atoms with Gasteiger partial charge in [0.15, 0.2) is 0 Å². The van der Waals surface area contributed by atoms with Crippen LogP contribution in [0, 0.1) is 0 Å². The van der Waals surface area contributed by atoms with Crippen molar-refractivity contribution >= 4 is 11.0 Å². The molecule has 0 bridgehead atoms. The molecule has 5 rings (SSSR count). The van der Waals surface area contributed by atoms with Crippen molar-refractivity contribution in [2.75, 3.05) is 39.3 Å². The van der Waals surface area contributed by atoms with Crippen LogP contribution in [-0.4, -0.2) is 65.4 Å². The van der Waals surface area contributed by atoms with Crippen LogP contribution >= 0.6 is 0 Å². The van der Waals surface area contributed by atoms with E-state index < -0.39 is 0 Å². The van der Waals surface area contributed by atoms with Crippen molar-refractivity contribution in [3.63, 3.8) is 0 Å². The molecule has 0 spiro atoms. The quantitative estimate of drug-likeness (QED) is 0.801. The fraction of sp³-hybridized carbons (Fsp3) is 0.696. The Balaban J connectivity index is 1.33. The van der Waals surface area contributed by atoms with E-state index in [0.29, 0.717) is 0 Å². The van der Waals surface area contributed by atoms with E-state index >= 15 is 0 Å². The predicted molar refractivity (Wildman–Crippen MR) is 119 cm³/mol. The minimum absolute atomic E-state index is 0.0653. The molecule has 0 aliphatic carbocycles. The molecule has 3 saturated heterocycles. The summed E-state index contributed by atoms with van der Waals surface area (Å²) in [4.78, 5) is 15.7. The average molecular weight is 414 g/mol. The van der Waals surface area contributed by atoms with Gasteiger partial charge in [-0.15, -0.1) is 0 Å². The Kier molecular flexibility index (Phi) is 5.85. The van der Waals surface area contributed by atoms with Gasteiger partial charge in [0.1, 0.15) is 17.4 Å². The molecular weight excluding hydrogens is 378 g/mol. The van der Waals surface area contributed by atoms with E-state index in [0.717, 1.165) is 87.8 Å². The van der Waals surface area contributed by atoms with Crippen LogP contribution in [0.25, 0.3) is 11.0 Å². The maximum absolute atomic E-state index is 13.1. The summed E-state index contributed by atoms with van der Waals surface area (Å²) in [5.74, 6) is 0.856. The fourth-order valence-corrected chi connectivity index (χ4v) is 5.61. The van der Waals surface area contributed by atoms with Gasteiger partial charge in [-0.1, -0.05) is 6.07 Å². The molecule has 7 nitrogen and oxygen atoms in total. The van der Waals surface area contributed by atoms with E-state index in [9.17, 15) is 4.79 Å². The molecule has 3 fully saturated rings. The first-order valence-electron chi connectivity index (χ1n) is 11.7. The minimum atomic E-state index is 0.0653. The van der Waals surface area contributed by atoms with E-state index in [1.165, 1.54) is 12.8 Å². The topological polar surface area (TPSA) is 63.5 Å². The van der Waals surface area contributed by atoms with Gasteiger partial charge in [0.05, 0.1) is 11.6 Å². The molecule has 164 valence electrons. The molecule has 1 aromatic heterocycles. The molecule has 1 unspecified atom stereocenters. The first-order chi connectivity index (χ1) is 14.7. The van der Waals surface area contributed by atoms with E-state index in [4.69, 9.17) is 4.74 Å². The van der Waals surface area contributed by atoms with E-state index in [-0.39, 0.29) is 17.8 Å². The van der Waals surface area contributed by atoms with Crippen molar-refractivity contribution in [3.05, 3.63) is 28.7 Å². The van der Waals surface area contributed by atoms with Gasteiger partial charge >= 0.3 is 5.69 Å². The average Bonchev–Trinajstić information content (AvgIpc) is 3.06. The van der Waals surface area contributed by atoms with Gasteiger partial charge in [0, 0.05) is 32.7 Å². The summed E-state index contributed by atoms with van der Waals surface area (Å²) in [7, 11) is 1.88. The van der Waals surface area contributed by atoms with Crippen molar-refractivity contribution in [3.8, 4) is 5.75 Å². The highest BCUT2D eigenvalue weighted by Gasteiger charge is 2.28. The van der Waals surface area contributed by atoms with Crippen molar-refractivity contribution < 1.29 is 4.74 Å². The SMILES string of the molecule is Cn1c(=O)n(C2CCCNC2)c2cccc(OC3CCN(C4CCNCC4)CC3)c21. The predicted octanol–water partition coefficient (Wildman–Crippen LogP) is 1.86. The number of fused-ring (bicyclic) bond motifs is 1. The lowest BCUT2D eigenvalue weighted by Crippen LogP contribution is -2.48. The Hall–Kier alpha value is -1.83. The van der Waals surface area contributed by atoms with Crippen molar-refractivity contribution in [2.45, 2.75) is 56.7 Å². The molecule has 2 aromatic rings. The number of hydrogen-bond acceptors (Lipinski definition) is 5. The standard InChI is InChI=1S/C23H35N5O2/c1-26-22-20(28(23(26)29)18-4-3-11-25-16-18)5-2-6-21(22)30-19-9-14-27(15-10-19)17-7-12-24-13-8-17/h2,5-6,17-19,24-25H,3-4,7-16H2,1H3. The van der Waals surface area contributed by atoms with E-state index in [2.05, 4.69) is 21.6 Å². The van der Waals surface area contributed by atoms with E-state index in [1.807, 2.05) is 23.7 Å². The van der Waals surface area contributed by atoms with Crippen molar-refractivity contribution in [1.29, 1.82) is 0 Å². The Labute approximate surface area is 178 Å². The second kappa shape index (κ2) is 8.73. The third kappa shape index (κ3) is 3.79. The lowest BCUT2D eigenvalue weighted by atomic mass is 10.00. The summed E-state index contributed by atoms with van der Waals surface area (Å²) in [6.07, 6.45) is 7.02. The molecule has 2 N–H and O–H groups in total. The van der Waals surface area contributed by atoms with Crippen LogP contribution in [0.3, 0.4) is 0 Å². The summed E-state index contributed by atoms with van der Waals surface area (Å²) in [5, 5.41) is 6.90. The van der Waals surface area contributed by atoms with Gasteiger partial charge in [-0.25, -0.2) is 4.79 Å². The second-order valence-corrected chi connectivity index (χ2v) is 9.17. The van der Waals surface area contributed by atoms with Crippen LogP contribution in [0.1, 0.15) is 44.6 Å². The van der Waals surface area contributed by atoms with Gasteiger partial charge in [-0.05, 0) is 70.3 Å². The number of imidazole rings is 1. The number of nitrogens with one attached hydrogen (secondary N) is 2. The van der Waals surface area contributed by atoms with Crippen LogP contribution in [0.4, 0.5) is 0 Å². The van der Waals surface area contributed by atoms with Crippen LogP contribution in [0.15, 0.2) is 23.0 Å². The van der Waals surface area contributed by atoms with Crippen LogP contribution in [-0.2, 0) is 7.05 Å². The number of para-hydroxylation sites is 1. The maximum atomic E-state index is 13.1. The van der Waals surface area contributed by atoms with Crippen LogP contribution in [0.2, 0.25) is 0 Å². The van der Waals surface area contributed by atoms with Gasteiger partial charge in [0.2, 0.25) is 0 Å². The van der Waals surface area contributed by atoms with Gasteiger partial charge in [-0.2, -0.15) is 0 Å². The van der Waals surface area contributed by atoms with Crippen LogP contribution in [0.5, 0.6) is 5.75 Å². The number of aryl methyl sites for hydroxylation is 1. The van der Waals surface area contributed by atoms with Crippen LogP contribution < -0.4 is 21.1 Å². The first-order valence-corrected chi connectivity index (χ1v) is 11.7. The highest BCUT2D eigenvalue weighted by molar-refractivity contribution is 5.82. The molecule has 30 heavy (non-hydrogen) atoms. The number of ether oxygens (including phenoxy) is 1. The number of likely N-dealkylation sites (tertiary alicyclic amines) is 1. The summed E-state index contributed by atoms with van der Waals surface area (Å²) in [5.41, 5.74) is 2.00. The monoisotopic (exact) mass is 413 g/mol. The largest absolute Gasteiger partial charge is 0.488 e. The molecule has 4 heterocycles. The molecule has 0 radical (unpaired) electrons. The Morgan fingerprint density at radius 1 is 0.967 bits per heavy atom. The zero-order chi connectivity index (χ0) is 20.5. The number of piperidine rings is 3. The molecule has 0 amide bonds. The molecular formula is C23H35N5O2. The molecule has 7 heteroatoms. The normalized spacial score (nSPS) is 25.0. The van der Waals surface area contributed by atoms with Gasteiger partial charge < -0.3 is 20.3 Å². The maximum Gasteiger partial charge on any atom is 0.329 e. The zero-order valence-corrected chi connectivity index (χ0v) is 18.1. The number of hydrogen-bond donors (Lipinski definition) is 2. The lowest BCUT2D eigenvalue weighted by molar-refractivity contribution is 0.0659. The molecule has 1 atom stereocenters. The summed E-state index contributed by atoms with van der Waals surface area (Å²) < 4.78 is 10.3.